The molecule has 9 heteroatoms. The van der Waals surface area contributed by atoms with Gasteiger partial charge in [0.05, 0.1) is 11.9 Å². The molecule has 1 unspecified atom stereocenters. The molecule has 1 fully saturated rings. The summed E-state index contributed by atoms with van der Waals surface area (Å²) >= 11 is 0. The number of aryl methyl sites for hydroxylation is 1. The van der Waals surface area contributed by atoms with Crippen molar-refractivity contribution in [3.05, 3.63) is 65.1 Å². The molecule has 2 aliphatic heterocycles. The lowest BCUT2D eigenvalue weighted by molar-refractivity contribution is -0.136. The number of fused-ring (bicyclic) bond motifs is 1. The Balaban J connectivity index is 1.42. The molecule has 2 aliphatic rings. The molecule has 1 aromatic heterocycles. The van der Waals surface area contributed by atoms with Crippen LogP contribution in [0.2, 0.25) is 0 Å². The number of nitrogens with zero attached hydrogens (tertiary/aromatic N) is 4. The van der Waals surface area contributed by atoms with Crippen molar-refractivity contribution in [2.45, 2.75) is 32.4 Å². The van der Waals surface area contributed by atoms with Crippen LogP contribution in [0.4, 0.5) is 4.39 Å². The zero-order valence-corrected chi connectivity index (χ0v) is 16.6. The molecule has 3 amide bonds. The van der Waals surface area contributed by atoms with Crippen LogP contribution in [0.15, 0.2) is 42.6 Å². The number of aromatic nitrogens is 3. The van der Waals surface area contributed by atoms with Gasteiger partial charge in [-0.05, 0) is 54.8 Å². The molecule has 3 heterocycles. The number of hydrogen-bond acceptors (Lipinski definition) is 5. The number of carbonyl (C=O) groups excluding carboxylic acids is 3. The van der Waals surface area contributed by atoms with Crippen molar-refractivity contribution >= 4 is 17.7 Å². The van der Waals surface area contributed by atoms with E-state index >= 15 is 0 Å². The van der Waals surface area contributed by atoms with E-state index in [1.54, 1.807) is 19.2 Å². The Labute approximate surface area is 176 Å². The second-order valence-electron chi connectivity index (χ2n) is 7.81. The lowest BCUT2D eigenvalue weighted by Gasteiger charge is -2.29. The highest BCUT2D eigenvalue weighted by molar-refractivity contribution is 6.05. The quantitative estimate of drug-likeness (QED) is 0.656. The number of benzene rings is 2. The molecular weight excluding hydrogens is 401 g/mol. The van der Waals surface area contributed by atoms with E-state index in [9.17, 15) is 18.8 Å². The van der Waals surface area contributed by atoms with E-state index in [0.717, 1.165) is 11.1 Å². The molecule has 1 atom stereocenters. The van der Waals surface area contributed by atoms with Crippen molar-refractivity contribution in [1.82, 2.24) is 25.2 Å². The molecule has 5 rings (SSSR count). The monoisotopic (exact) mass is 419 g/mol. The predicted octanol–water partition coefficient (Wildman–Crippen LogP) is 2.14. The van der Waals surface area contributed by atoms with Crippen LogP contribution in [-0.4, -0.2) is 43.7 Å². The Bertz CT molecular complexity index is 1230. The Morgan fingerprint density at radius 1 is 1.13 bits per heavy atom. The highest BCUT2D eigenvalue weighted by Crippen LogP contribution is 2.29. The second kappa shape index (κ2) is 7.12. The molecule has 0 bridgehead atoms. The highest BCUT2D eigenvalue weighted by Gasteiger charge is 2.39. The molecule has 8 nitrogen and oxygen atoms in total. The fourth-order valence-electron chi connectivity index (χ4n) is 4.09. The standard InChI is InChI=1S/C22H18FN5O3/c1-12-6-14(8-15(23)7-12)18-11-28(26-25-18)16-3-2-13-10-27(22(31)17(13)9-16)19-4-5-20(29)24-21(19)30/h2-3,6-9,11,19H,4-5,10H2,1H3,(H,24,29,30). The predicted molar refractivity (Wildman–Crippen MR) is 108 cm³/mol. The number of halogens is 1. The van der Waals surface area contributed by atoms with Crippen molar-refractivity contribution in [3.8, 4) is 16.9 Å². The van der Waals surface area contributed by atoms with Crippen molar-refractivity contribution in [3.63, 3.8) is 0 Å². The summed E-state index contributed by atoms with van der Waals surface area (Å²) in [5, 5.41) is 10.5. The minimum atomic E-state index is -0.657. The van der Waals surface area contributed by atoms with Crippen LogP contribution in [0, 0.1) is 12.7 Å². The van der Waals surface area contributed by atoms with Crippen LogP contribution in [0.25, 0.3) is 16.9 Å². The van der Waals surface area contributed by atoms with Gasteiger partial charge in [-0.1, -0.05) is 11.3 Å². The molecule has 156 valence electrons. The van der Waals surface area contributed by atoms with Gasteiger partial charge in [0.1, 0.15) is 17.6 Å². The minimum Gasteiger partial charge on any atom is -0.322 e. The third-order valence-electron chi connectivity index (χ3n) is 5.61. The van der Waals surface area contributed by atoms with Gasteiger partial charge in [0.15, 0.2) is 0 Å². The SMILES string of the molecule is Cc1cc(F)cc(-c2cn(-c3ccc4c(c3)C(=O)N(C3CCC(=O)NC3=O)C4)nn2)c1. The molecule has 0 spiro atoms. The molecule has 0 radical (unpaired) electrons. The van der Waals surface area contributed by atoms with Gasteiger partial charge >= 0.3 is 0 Å². The van der Waals surface area contributed by atoms with E-state index in [-0.39, 0.29) is 24.1 Å². The number of piperidine rings is 1. The van der Waals surface area contributed by atoms with Crippen LogP contribution in [0.3, 0.4) is 0 Å². The molecule has 0 aliphatic carbocycles. The zero-order valence-electron chi connectivity index (χ0n) is 16.6. The molecule has 1 saturated heterocycles. The molecule has 0 saturated carbocycles. The third-order valence-corrected chi connectivity index (χ3v) is 5.61. The number of hydrogen-bond donors (Lipinski definition) is 1. The lowest BCUT2D eigenvalue weighted by Crippen LogP contribution is -2.52. The van der Waals surface area contributed by atoms with Crippen molar-refractivity contribution in [2.75, 3.05) is 0 Å². The summed E-state index contributed by atoms with van der Waals surface area (Å²) in [5.41, 5.74) is 3.83. The van der Waals surface area contributed by atoms with E-state index in [1.807, 2.05) is 18.2 Å². The van der Waals surface area contributed by atoms with E-state index in [4.69, 9.17) is 0 Å². The highest BCUT2D eigenvalue weighted by atomic mass is 19.1. The summed E-state index contributed by atoms with van der Waals surface area (Å²) in [7, 11) is 0. The summed E-state index contributed by atoms with van der Waals surface area (Å²) in [6.45, 7) is 2.11. The normalized spacial score (nSPS) is 18.3. The Morgan fingerprint density at radius 3 is 2.74 bits per heavy atom. The second-order valence-corrected chi connectivity index (χ2v) is 7.81. The fraction of sp³-hybridized carbons (Fsp3) is 0.227. The van der Waals surface area contributed by atoms with Crippen LogP contribution in [-0.2, 0) is 16.1 Å². The van der Waals surface area contributed by atoms with Gasteiger partial charge in [0.25, 0.3) is 5.91 Å². The topological polar surface area (TPSA) is 97.2 Å². The van der Waals surface area contributed by atoms with Gasteiger partial charge in [-0.25, -0.2) is 9.07 Å². The van der Waals surface area contributed by atoms with Gasteiger partial charge in [0.2, 0.25) is 11.8 Å². The molecule has 1 N–H and O–H groups in total. The molecular formula is C22H18FN5O3. The summed E-state index contributed by atoms with van der Waals surface area (Å²) in [6.07, 6.45) is 2.20. The third kappa shape index (κ3) is 3.37. The first-order valence-corrected chi connectivity index (χ1v) is 9.87. The Morgan fingerprint density at radius 2 is 1.97 bits per heavy atom. The summed E-state index contributed by atoms with van der Waals surface area (Å²) < 4.78 is 15.3. The Hall–Kier alpha value is -3.88. The first-order valence-electron chi connectivity index (χ1n) is 9.87. The zero-order chi connectivity index (χ0) is 21.7. The maximum Gasteiger partial charge on any atom is 0.255 e. The van der Waals surface area contributed by atoms with Crippen LogP contribution in [0.5, 0.6) is 0 Å². The average molecular weight is 419 g/mol. The first kappa shape index (κ1) is 19.1. The number of nitrogens with one attached hydrogen (secondary N) is 1. The van der Waals surface area contributed by atoms with Gasteiger partial charge in [-0.15, -0.1) is 5.10 Å². The summed E-state index contributed by atoms with van der Waals surface area (Å²) in [5.74, 6) is -1.36. The molecule has 31 heavy (non-hydrogen) atoms. The molecule has 2 aromatic carbocycles. The summed E-state index contributed by atoms with van der Waals surface area (Å²) in [4.78, 5) is 38.1. The van der Waals surface area contributed by atoms with Gasteiger partial charge in [-0.2, -0.15) is 0 Å². The lowest BCUT2D eigenvalue weighted by atomic mass is 10.0. The maximum atomic E-state index is 13.7. The van der Waals surface area contributed by atoms with E-state index < -0.39 is 11.9 Å². The average Bonchev–Trinajstić information content (AvgIpc) is 3.33. The smallest absolute Gasteiger partial charge is 0.255 e. The van der Waals surface area contributed by atoms with Gasteiger partial charge < -0.3 is 4.90 Å². The van der Waals surface area contributed by atoms with E-state index in [0.29, 0.717) is 35.5 Å². The Kier molecular flexibility index (Phi) is 4.39. The molecule has 3 aromatic rings. The fourth-order valence-corrected chi connectivity index (χ4v) is 4.09. The van der Waals surface area contributed by atoms with Crippen LogP contribution >= 0.6 is 0 Å². The number of imide groups is 1. The summed E-state index contributed by atoms with van der Waals surface area (Å²) in [6, 6.07) is 9.34. The van der Waals surface area contributed by atoms with Crippen LogP contribution < -0.4 is 5.32 Å². The van der Waals surface area contributed by atoms with Crippen molar-refractivity contribution in [1.29, 1.82) is 0 Å². The maximum absolute atomic E-state index is 13.7. The van der Waals surface area contributed by atoms with Crippen LogP contribution in [0.1, 0.15) is 34.3 Å². The van der Waals surface area contributed by atoms with Crippen molar-refractivity contribution < 1.29 is 18.8 Å². The minimum absolute atomic E-state index is 0.211. The number of rotatable bonds is 3. The van der Waals surface area contributed by atoms with E-state index in [1.165, 1.54) is 21.7 Å². The largest absolute Gasteiger partial charge is 0.322 e. The number of carbonyl (C=O) groups is 3. The van der Waals surface area contributed by atoms with Gasteiger partial charge in [0, 0.05) is 24.1 Å². The van der Waals surface area contributed by atoms with Crippen molar-refractivity contribution in [2.24, 2.45) is 0 Å². The van der Waals surface area contributed by atoms with E-state index in [2.05, 4.69) is 15.6 Å². The number of amides is 3. The first-order chi connectivity index (χ1) is 14.9. The van der Waals surface area contributed by atoms with Gasteiger partial charge in [-0.3, -0.25) is 19.7 Å².